The van der Waals surface area contributed by atoms with Crippen molar-refractivity contribution in [3.63, 3.8) is 0 Å². The van der Waals surface area contributed by atoms with Crippen LogP contribution in [-0.4, -0.2) is 45.1 Å². The van der Waals surface area contributed by atoms with Crippen LogP contribution >= 0.6 is 11.6 Å². The van der Waals surface area contributed by atoms with Crippen LogP contribution in [0.15, 0.2) is 12.4 Å². The summed E-state index contributed by atoms with van der Waals surface area (Å²) in [7, 11) is 5.96. The maximum Gasteiger partial charge on any atom is 0.0837 e. The standard InChI is InChI=1S/C14H23ClN6/c1-5-12-10(9-20(4)18-12)13(16)14-11(15)8-17-21(14)7-6-19(2)3/h8-9,13H,5-7,16H2,1-4H3. The molecule has 0 amide bonds. The molecule has 6 nitrogen and oxygen atoms in total. The first-order valence-electron chi connectivity index (χ1n) is 7.08. The van der Waals surface area contributed by atoms with Gasteiger partial charge in [0.1, 0.15) is 0 Å². The van der Waals surface area contributed by atoms with Crippen molar-refractivity contribution >= 4 is 11.6 Å². The molecule has 0 aromatic carbocycles. The Kier molecular flexibility index (Phi) is 5.03. The fraction of sp³-hybridized carbons (Fsp3) is 0.571. The van der Waals surface area contributed by atoms with E-state index in [4.69, 9.17) is 17.3 Å². The summed E-state index contributed by atoms with van der Waals surface area (Å²) in [5.74, 6) is 0. The van der Waals surface area contributed by atoms with Crippen LogP contribution in [0.4, 0.5) is 0 Å². The minimum absolute atomic E-state index is 0.314. The number of hydrogen-bond acceptors (Lipinski definition) is 4. The average molecular weight is 311 g/mol. The predicted octanol–water partition coefficient (Wildman–Crippen LogP) is 1.44. The summed E-state index contributed by atoms with van der Waals surface area (Å²) in [6.45, 7) is 3.71. The molecular weight excluding hydrogens is 288 g/mol. The molecule has 0 saturated heterocycles. The van der Waals surface area contributed by atoms with Crippen LogP contribution in [0.3, 0.4) is 0 Å². The van der Waals surface area contributed by atoms with E-state index in [1.807, 2.05) is 32.0 Å². The van der Waals surface area contributed by atoms with E-state index in [2.05, 4.69) is 22.0 Å². The molecule has 7 heteroatoms. The Bertz CT molecular complexity index is 601. The van der Waals surface area contributed by atoms with Crippen LogP contribution in [0.5, 0.6) is 0 Å². The molecule has 2 heterocycles. The van der Waals surface area contributed by atoms with Gasteiger partial charge in [0.25, 0.3) is 0 Å². The molecule has 1 atom stereocenters. The van der Waals surface area contributed by atoms with Crippen molar-refractivity contribution in [1.82, 2.24) is 24.5 Å². The lowest BCUT2D eigenvalue weighted by atomic mass is 10.0. The Balaban J connectivity index is 2.33. The maximum absolute atomic E-state index is 6.45. The Hall–Kier alpha value is -1.37. The van der Waals surface area contributed by atoms with E-state index in [0.29, 0.717) is 5.02 Å². The molecule has 0 saturated carbocycles. The third-order valence-electron chi connectivity index (χ3n) is 3.49. The van der Waals surface area contributed by atoms with Gasteiger partial charge in [0.05, 0.1) is 35.2 Å². The van der Waals surface area contributed by atoms with Crippen molar-refractivity contribution in [2.45, 2.75) is 25.9 Å². The maximum atomic E-state index is 6.45. The van der Waals surface area contributed by atoms with E-state index in [9.17, 15) is 0 Å². The minimum Gasteiger partial charge on any atom is -0.319 e. The van der Waals surface area contributed by atoms with Crippen LogP contribution in [0, 0.1) is 0 Å². The average Bonchev–Trinajstić information content (AvgIpc) is 2.98. The highest BCUT2D eigenvalue weighted by molar-refractivity contribution is 6.31. The zero-order chi connectivity index (χ0) is 15.6. The lowest BCUT2D eigenvalue weighted by Crippen LogP contribution is -2.24. The summed E-state index contributed by atoms with van der Waals surface area (Å²) in [6, 6.07) is -0.314. The molecule has 0 aliphatic carbocycles. The first-order valence-corrected chi connectivity index (χ1v) is 7.45. The SMILES string of the molecule is CCc1nn(C)cc1C(N)c1c(Cl)cnn1CCN(C)C. The Morgan fingerprint density at radius 2 is 2.14 bits per heavy atom. The first-order chi connectivity index (χ1) is 9.93. The molecule has 21 heavy (non-hydrogen) atoms. The molecule has 1 unspecified atom stereocenters. The summed E-state index contributed by atoms with van der Waals surface area (Å²) in [5.41, 5.74) is 9.30. The highest BCUT2D eigenvalue weighted by Gasteiger charge is 2.22. The molecule has 2 aromatic rings. The zero-order valence-corrected chi connectivity index (χ0v) is 13.8. The van der Waals surface area contributed by atoms with Gasteiger partial charge in [0.2, 0.25) is 0 Å². The third kappa shape index (κ3) is 3.45. The quantitative estimate of drug-likeness (QED) is 0.877. The molecule has 116 valence electrons. The van der Waals surface area contributed by atoms with Crippen molar-refractivity contribution in [2.24, 2.45) is 12.8 Å². The van der Waals surface area contributed by atoms with Crippen molar-refractivity contribution in [3.8, 4) is 0 Å². The summed E-state index contributed by atoms with van der Waals surface area (Å²) in [4.78, 5) is 2.10. The van der Waals surface area contributed by atoms with Crippen molar-refractivity contribution < 1.29 is 0 Å². The number of aromatic nitrogens is 4. The molecule has 0 radical (unpaired) electrons. The van der Waals surface area contributed by atoms with Gasteiger partial charge in [0.15, 0.2) is 0 Å². The normalized spacial score (nSPS) is 13.1. The van der Waals surface area contributed by atoms with Crippen LogP contribution < -0.4 is 5.73 Å². The lowest BCUT2D eigenvalue weighted by molar-refractivity contribution is 0.368. The first kappa shape index (κ1) is 16.0. The van der Waals surface area contributed by atoms with E-state index >= 15 is 0 Å². The molecule has 0 aliphatic heterocycles. The summed E-state index contributed by atoms with van der Waals surface area (Å²) < 4.78 is 3.68. The van der Waals surface area contributed by atoms with Crippen molar-refractivity contribution in [3.05, 3.63) is 34.4 Å². The van der Waals surface area contributed by atoms with Gasteiger partial charge in [-0.3, -0.25) is 9.36 Å². The third-order valence-corrected chi connectivity index (χ3v) is 3.79. The van der Waals surface area contributed by atoms with Gasteiger partial charge in [-0.2, -0.15) is 10.2 Å². The molecule has 0 bridgehead atoms. The molecule has 2 aromatic heterocycles. The lowest BCUT2D eigenvalue weighted by Gasteiger charge is -2.16. The molecule has 2 N–H and O–H groups in total. The van der Waals surface area contributed by atoms with Crippen molar-refractivity contribution in [2.75, 3.05) is 20.6 Å². The van der Waals surface area contributed by atoms with Gasteiger partial charge in [-0.15, -0.1) is 0 Å². The van der Waals surface area contributed by atoms with Gasteiger partial charge in [0, 0.05) is 25.4 Å². The van der Waals surface area contributed by atoms with Gasteiger partial charge in [-0.25, -0.2) is 0 Å². The number of rotatable bonds is 6. The minimum atomic E-state index is -0.314. The monoisotopic (exact) mass is 310 g/mol. The number of halogens is 1. The molecule has 2 rings (SSSR count). The smallest absolute Gasteiger partial charge is 0.0837 e. The van der Waals surface area contributed by atoms with Crippen LogP contribution in [-0.2, 0) is 20.0 Å². The van der Waals surface area contributed by atoms with Gasteiger partial charge in [-0.1, -0.05) is 18.5 Å². The Labute approximate surface area is 130 Å². The van der Waals surface area contributed by atoms with E-state index < -0.39 is 0 Å². The summed E-state index contributed by atoms with van der Waals surface area (Å²) in [5, 5.41) is 9.40. The molecule has 0 fully saturated rings. The zero-order valence-electron chi connectivity index (χ0n) is 13.0. The number of nitrogens with zero attached hydrogens (tertiary/aromatic N) is 5. The number of likely N-dealkylation sites (N-methyl/N-ethyl adjacent to an activating group) is 1. The van der Waals surface area contributed by atoms with Gasteiger partial charge >= 0.3 is 0 Å². The molecular formula is C14H23ClN6. The van der Waals surface area contributed by atoms with Crippen LogP contribution in [0.25, 0.3) is 0 Å². The highest BCUT2D eigenvalue weighted by Crippen LogP contribution is 2.28. The topological polar surface area (TPSA) is 64.9 Å². The second-order valence-corrected chi connectivity index (χ2v) is 5.85. The predicted molar refractivity (Wildman–Crippen MR) is 84.4 cm³/mol. The largest absolute Gasteiger partial charge is 0.319 e. The number of nitrogens with two attached hydrogens (primary N) is 1. The van der Waals surface area contributed by atoms with Gasteiger partial charge < -0.3 is 10.6 Å². The van der Waals surface area contributed by atoms with Crippen molar-refractivity contribution in [1.29, 1.82) is 0 Å². The number of aryl methyl sites for hydroxylation is 2. The molecule has 0 aliphatic rings. The molecule has 0 spiro atoms. The van der Waals surface area contributed by atoms with E-state index in [-0.39, 0.29) is 6.04 Å². The van der Waals surface area contributed by atoms with E-state index in [1.165, 1.54) is 0 Å². The second kappa shape index (κ2) is 6.60. The highest BCUT2D eigenvalue weighted by atomic mass is 35.5. The van der Waals surface area contributed by atoms with Crippen LogP contribution in [0.1, 0.15) is 29.9 Å². The van der Waals surface area contributed by atoms with E-state index in [1.54, 1.807) is 10.9 Å². The van der Waals surface area contributed by atoms with Gasteiger partial charge in [-0.05, 0) is 20.5 Å². The Morgan fingerprint density at radius 1 is 1.43 bits per heavy atom. The Morgan fingerprint density at radius 3 is 2.76 bits per heavy atom. The van der Waals surface area contributed by atoms with Crippen LogP contribution in [0.2, 0.25) is 5.02 Å². The number of hydrogen-bond donors (Lipinski definition) is 1. The summed E-state index contributed by atoms with van der Waals surface area (Å²) >= 11 is 6.30. The van der Waals surface area contributed by atoms with E-state index in [0.717, 1.165) is 36.5 Å². The second-order valence-electron chi connectivity index (χ2n) is 5.44. The fourth-order valence-corrected chi connectivity index (χ4v) is 2.65. The fourth-order valence-electron chi connectivity index (χ4n) is 2.39. The summed E-state index contributed by atoms with van der Waals surface area (Å²) in [6.07, 6.45) is 4.46.